The molecule has 2 unspecified atom stereocenters. The van der Waals surface area contributed by atoms with Crippen LogP contribution in [-0.2, 0) is 16.1 Å². The van der Waals surface area contributed by atoms with Gasteiger partial charge in [0.15, 0.2) is 0 Å². The van der Waals surface area contributed by atoms with Gasteiger partial charge in [-0.1, -0.05) is 25.1 Å². The van der Waals surface area contributed by atoms with Crippen LogP contribution in [0.2, 0.25) is 0 Å². The fourth-order valence-corrected chi connectivity index (χ4v) is 5.03. The molecule has 0 aliphatic carbocycles. The summed E-state index contributed by atoms with van der Waals surface area (Å²) in [5, 5.41) is 10.1. The van der Waals surface area contributed by atoms with E-state index < -0.39 is 0 Å². The number of ether oxygens (including phenoxy) is 1. The van der Waals surface area contributed by atoms with Crippen molar-refractivity contribution in [1.29, 1.82) is 5.26 Å². The van der Waals surface area contributed by atoms with Crippen LogP contribution in [0.3, 0.4) is 0 Å². The molecule has 2 fully saturated rings. The molecule has 162 valence electrons. The maximum atomic E-state index is 12.9. The van der Waals surface area contributed by atoms with Crippen molar-refractivity contribution >= 4 is 22.6 Å². The second-order valence-electron chi connectivity index (χ2n) is 8.64. The van der Waals surface area contributed by atoms with Crippen molar-refractivity contribution in [3.63, 3.8) is 0 Å². The standard InChI is InChI=1S/C25H25N5O2/c1-17-10-20-13-29(14-23(17)30(20)24-8-7-18(11-26)12-28-24)25(31)16-32-15-19-4-2-6-22-21(19)5-3-9-27-22/h2-9,12,17,20,23H,10,13-16H2,1H3/t17-,20?,23?/m0/s1. The molecule has 1 amide bonds. The van der Waals surface area contributed by atoms with Gasteiger partial charge in [-0.2, -0.15) is 5.26 Å². The summed E-state index contributed by atoms with van der Waals surface area (Å²) in [7, 11) is 0. The summed E-state index contributed by atoms with van der Waals surface area (Å²) in [6.45, 7) is 4.02. The molecule has 2 bridgehead atoms. The number of carbonyl (C=O) groups excluding carboxylic acids is 1. The Hall–Kier alpha value is -3.50. The van der Waals surface area contributed by atoms with E-state index in [1.165, 1.54) is 0 Å². The number of carbonyl (C=O) groups is 1. The Labute approximate surface area is 187 Å². The van der Waals surface area contributed by atoms with Crippen molar-refractivity contribution in [2.24, 2.45) is 5.92 Å². The number of piperazine rings is 1. The van der Waals surface area contributed by atoms with E-state index in [-0.39, 0.29) is 24.6 Å². The van der Waals surface area contributed by atoms with Gasteiger partial charge in [0.1, 0.15) is 18.5 Å². The minimum Gasteiger partial charge on any atom is -0.367 e. The van der Waals surface area contributed by atoms with Gasteiger partial charge in [-0.3, -0.25) is 9.78 Å². The van der Waals surface area contributed by atoms with E-state index in [1.807, 2.05) is 41.3 Å². The largest absolute Gasteiger partial charge is 0.367 e. The summed E-state index contributed by atoms with van der Waals surface area (Å²) in [4.78, 5) is 26.1. The third-order valence-electron chi connectivity index (χ3n) is 6.60. The highest BCUT2D eigenvalue weighted by molar-refractivity contribution is 5.82. The zero-order chi connectivity index (χ0) is 22.1. The van der Waals surface area contributed by atoms with Crippen LogP contribution < -0.4 is 4.90 Å². The van der Waals surface area contributed by atoms with Crippen LogP contribution in [0.25, 0.3) is 10.9 Å². The molecule has 0 spiro atoms. The smallest absolute Gasteiger partial charge is 0.248 e. The summed E-state index contributed by atoms with van der Waals surface area (Å²) in [6, 6.07) is 16.2. The Bertz CT molecular complexity index is 1170. The number of fused-ring (bicyclic) bond motifs is 3. The zero-order valence-corrected chi connectivity index (χ0v) is 18.0. The number of hydrogen-bond donors (Lipinski definition) is 0. The second-order valence-corrected chi connectivity index (χ2v) is 8.64. The minimum absolute atomic E-state index is 0.0277. The molecule has 0 radical (unpaired) electrons. The van der Waals surface area contributed by atoms with Gasteiger partial charge in [0.25, 0.3) is 0 Å². The molecule has 2 aromatic heterocycles. The third-order valence-corrected chi connectivity index (χ3v) is 6.60. The highest BCUT2D eigenvalue weighted by atomic mass is 16.5. The quantitative estimate of drug-likeness (QED) is 0.622. The van der Waals surface area contributed by atoms with E-state index in [0.29, 0.717) is 31.2 Å². The van der Waals surface area contributed by atoms with Crippen LogP contribution in [0.4, 0.5) is 5.82 Å². The van der Waals surface area contributed by atoms with E-state index >= 15 is 0 Å². The van der Waals surface area contributed by atoms with Crippen LogP contribution in [0.1, 0.15) is 24.5 Å². The number of aromatic nitrogens is 2. The summed E-state index contributed by atoms with van der Waals surface area (Å²) < 4.78 is 5.82. The number of nitriles is 1. The number of likely N-dealkylation sites (tertiary alicyclic amines) is 1. The molecule has 2 saturated heterocycles. The SMILES string of the molecule is C[C@H]1CC2CN(C(=O)COCc3cccc4ncccc34)CC1N2c1ccc(C#N)cn1. The lowest BCUT2D eigenvalue weighted by Gasteiger charge is -2.42. The molecule has 2 aliphatic heterocycles. The predicted octanol–water partition coefficient (Wildman–Crippen LogP) is 3.14. The third kappa shape index (κ3) is 3.78. The van der Waals surface area contributed by atoms with Crippen molar-refractivity contribution in [2.75, 3.05) is 24.6 Å². The highest BCUT2D eigenvalue weighted by Gasteiger charge is 2.45. The number of pyridine rings is 2. The minimum atomic E-state index is 0.0277. The van der Waals surface area contributed by atoms with Crippen molar-refractivity contribution in [2.45, 2.75) is 32.0 Å². The molecule has 7 heteroatoms. The van der Waals surface area contributed by atoms with Crippen LogP contribution in [0.15, 0.2) is 54.9 Å². The molecule has 4 heterocycles. The first kappa shape index (κ1) is 20.4. The summed E-state index contributed by atoms with van der Waals surface area (Å²) in [6.07, 6.45) is 4.42. The lowest BCUT2D eigenvalue weighted by molar-refractivity contribution is -0.137. The van der Waals surface area contributed by atoms with Gasteiger partial charge in [-0.25, -0.2) is 4.98 Å². The van der Waals surface area contributed by atoms with Gasteiger partial charge in [-0.15, -0.1) is 0 Å². The number of benzene rings is 1. The Morgan fingerprint density at radius 3 is 2.88 bits per heavy atom. The normalized spacial score (nSPS) is 22.2. The molecule has 3 atom stereocenters. The van der Waals surface area contributed by atoms with E-state index in [1.54, 1.807) is 18.5 Å². The maximum absolute atomic E-state index is 12.9. The van der Waals surface area contributed by atoms with Crippen molar-refractivity contribution in [3.05, 3.63) is 66.0 Å². The first-order valence-electron chi connectivity index (χ1n) is 11.0. The molecular formula is C25H25N5O2. The lowest BCUT2D eigenvalue weighted by Crippen LogP contribution is -2.57. The van der Waals surface area contributed by atoms with Crippen molar-refractivity contribution in [1.82, 2.24) is 14.9 Å². The van der Waals surface area contributed by atoms with Crippen LogP contribution in [-0.4, -0.2) is 52.6 Å². The average molecular weight is 428 g/mol. The molecule has 7 nitrogen and oxygen atoms in total. The van der Waals surface area contributed by atoms with Gasteiger partial charge in [0, 0.05) is 36.9 Å². The van der Waals surface area contributed by atoms with E-state index in [0.717, 1.165) is 28.7 Å². The first-order chi connectivity index (χ1) is 15.6. The molecule has 3 aromatic rings. The average Bonchev–Trinajstić information content (AvgIpc) is 3.03. The summed E-state index contributed by atoms with van der Waals surface area (Å²) in [5.74, 6) is 1.38. The Balaban J connectivity index is 1.22. The fraction of sp³-hybridized carbons (Fsp3) is 0.360. The topological polar surface area (TPSA) is 82.4 Å². The molecule has 0 saturated carbocycles. The van der Waals surface area contributed by atoms with E-state index in [4.69, 9.17) is 10.00 Å². The van der Waals surface area contributed by atoms with E-state index in [2.05, 4.69) is 27.9 Å². The number of anilines is 1. The zero-order valence-electron chi connectivity index (χ0n) is 18.0. The number of hydrogen-bond acceptors (Lipinski definition) is 6. The van der Waals surface area contributed by atoms with Gasteiger partial charge in [0.05, 0.1) is 23.7 Å². The first-order valence-corrected chi connectivity index (χ1v) is 11.0. The number of amides is 1. The monoisotopic (exact) mass is 427 g/mol. The molecule has 5 rings (SSSR count). The summed E-state index contributed by atoms with van der Waals surface area (Å²) >= 11 is 0. The molecule has 32 heavy (non-hydrogen) atoms. The van der Waals surface area contributed by atoms with Crippen molar-refractivity contribution in [3.8, 4) is 6.07 Å². The Morgan fingerprint density at radius 2 is 2.09 bits per heavy atom. The molecule has 2 aliphatic rings. The predicted molar refractivity (Wildman–Crippen MR) is 121 cm³/mol. The fourth-order valence-electron chi connectivity index (χ4n) is 5.03. The number of nitrogens with zero attached hydrogens (tertiary/aromatic N) is 5. The summed E-state index contributed by atoms with van der Waals surface area (Å²) in [5.41, 5.74) is 2.52. The van der Waals surface area contributed by atoms with E-state index in [9.17, 15) is 4.79 Å². The van der Waals surface area contributed by atoms with Gasteiger partial charge in [0.2, 0.25) is 5.91 Å². The molecular weight excluding hydrogens is 402 g/mol. The number of rotatable bonds is 5. The highest BCUT2D eigenvalue weighted by Crippen LogP contribution is 2.37. The van der Waals surface area contributed by atoms with Gasteiger partial charge >= 0.3 is 0 Å². The van der Waals surface area contributed by atoms with Crippen molar-refractivity contribution < 1.29 is 9.53 Å². The van der Waals surface area contributed by atoms with Crippen LogP contribution in [0.5, 0.6) is 0 Å². The lowest BCUT2D eigenvalue weighted by atomic mass is 10.0. The van der Waals surface area contributed by atoms with Gasteiger partial charge in [-0.05, 0) is 42.2 Å². The molecule has 0 N–H and O–H groups in total. The maximum Gasteiger partial charge on any atom is 0.248 e. The van der Waals surface area contributed by atoms with Gasteiger partial charge < -0.3 is 14.5 Å². The Kier molecular flexibility index (Phi) is 5.46. The Morgan fingerprint density at radius 1 is 1.19 bits per heavy atom. The van der Waals surface area contributed by atoms with Crippen LogP contribution >= 0.6 is 0 Å². The second kappa shape index (κ2) is 8.56. The van der Waals surface area contributed by atoms with Crippen LogP contribution in [0, 0.1) is 17.2 Å². The molecule has 1 aromatic carbocycles.